The van der Waals surface area contributed by atoms with Crippen LogP contribution in [0.2, 0.25) is 0 Å². The molecule has 0 radical (unpaired) electrons. The quantitative estimate of drug-likeness (QED) is 0.876. The first kappa shape index (κ1) is 14.5. The number of benzene rings is 1. The molecule has 0 aliphatic carbocycles. The summed E-state index contributed by atoms with van der Waals surface area (Å²) in [5, 5.41) is 2.55. The Hall–Kier alpha value is -1.58. The van der Waals surface area contributed by atoms with Crippen LogP contribution in [0.3, 0.4) is 0 Å². The van der Waals surface area contributed by atoms with Crippen molar-refractivity contribution in [2.75, 3.05) is 13.7 Å². The third-order valence-electron chi connectivity index (χ3n) is 2.66. The number of amides is 1. The van der Waals surface area contributed by atoms with Crippen molar-refractivity contribution in [3.05, 3.63) is 29.3 Å². The van der Waals surface area contributed by atoms with Crippen LogP contribution in [0.1, 0.15) is 42.6 Å². The number of halogens is 1. The van der Waals surface area contributed by atoms with Crippen molar-refractivity contribution in [3.63, 3.8) is 0 Å². The summed E-state index contributed by atoms with van der Waals surface area (Å²) in [4.78, 5) is 11.8. The van der Waals surface area contributed by atoms with Crippen LogP contribution in [0, 0.1) is 0 Å². The van der Waals surface area contributed by atoms with E-state index in [0.717, 1.165) is 11.3 Å². The van der Waals surface area contributed by atoms with Gasteiger partial charge in [0.15, 0.2) is 0 Å². The molecule has 0 saturated heterocycles. The predicted octanol–water partition coefficient (Wildman–Crippen LogP) is 2.91. The number of hydrogen-bond acceptors (Lipinski definition) is 2. The van der Waals surface area contributed by atoms with E-state index in [1.165, 1.54) is 6.92 Å². The number of methoxy groups -OCH3 is 1. The summed E-state index contributed by atoms with van der Waals surface area (Å²) in [5.41, 5.74) is 1.50. The molecule has 0 bridgehead atoms. The highest BCUT2D eigenvalue weighted by Gasteiger charge is 2.12. The maximum Gasteiger partial charge on any atom is 0.251 e. The first-order valence-corrected chi connectivity index (χ1v) is 6.06. The number of alkyl halides is 1. The van der Waals surface area contributed by atoms with E-state index in [2.05, 4.69) is 5.32 Å². The van der Waals surface area contributed by atoms with E-state index in [1.807, 2.05) is 13.8 Å². The lowest BCUT2D eigenvalue weighted by Gasteiger charge is -2.13. The Bertz CT molecular complexity index is 416. The van der Waals surface area contributed by atoms with Gasteiger partial charge in [0.1, 0.15) is 11.9 Å². The Morgan fingerprint density at radius 2 is 2.06 bits per heavy atom. The van der Waals surface area contributed by atoms with Gasteiger partial charge < -0.3 is 10.1 Å². The van der Waals surface area contributed by atoms with Gasteiger partial charge in [-0.3, -0.25) is 4.79 Å². The monoisotopic (exact) mass is 253 g/mol. The minimum atomic E-state index is -1.04. The number of ether oxygens (including phenoxy) is 1. The number of nitrogens with one attached hydrogen (secondary N) is 1. The molecule has 100 valence electrons. The second-order valence-corrected chi connectivity index (χ2v) is 4.60. The minimum absolute atomic E-state index is 0.0296. The van der Waals surface area contributed by atoms with E-state index in [0.29, 0.717) is 5.56 Å². The molecule has 1 aromatic rings. The van der Waals surface area contributed by atoms with Gasteiger partial charge in [0.2, 0.25) is 0 Å². The zero-order valence-electron chi connectivity index (χ0n) is 11.3. The maximum atomic E-state index is 12.7. The van der Waals surface area contributed by atoms with Gasteiger partial charge in [-0.2, -0.15) is 0 Å². The van der Waals surface area contributed by atoms with Crippen LogP contribution >= 0.6 is 0 Å². The molecule has 1 rings (SSSR count). The average molecular weight is 253 g/mol. The fourth-order valence-electron chi connectivity index (χ4n) is 1.66. The summed E-state index contributed by atoms with van der Waals surface area (Å²) in [6, 6.07) is 5.24. The largest absolute Gasteiger partial charge is 0.496 e. The summed E-state index contributed by atoms with van der Waals surface area (Å²) in [6.45, 7) is 5.50. The zero-order valence-corrected chi connectivity index (χ0v) is 11.3. The Kier molecular flexibility index (Phi) is 5.13. The molecule has 0 heterocycles. The molecule has 18 heavy (non-hydrogen) atoms. The number of rotatable bonds is 5. The second-order valence-electron chi connectivity index (χ2n) is 4.60. The molecular formula is C14H20FNO2. The van der Waals surface area contributed by atoms with Crippen molar-refractivity contribution in [1.29, 1.82) is 0 Å². The molecule has 4 heteroatoms. The highest BCUT2D eigenvalue weighted by molar-refractivity contribution is 5.94. The summed E-state index contributed by atoms with van der Waals surface area (Å²) in [7, 11) is 1.60. The van der Waals surface area contributed by atoms with Crippen LogP contribution in [0.25, 0.3) is 0 Å². The van der Waals surface area contributed by atoms with Crippen LogP contribution < -0.4 is 10.1 Å². The molecule has 1 atom stereocenters. The van der Waals surface area contributed by atoms with Gasteiger partial charge in [-0.1, -0.05) is 13.8 Å². The molecule has 1 N–H and O–H groups in total. The van der Waals surface area contributed by atoms with Crippen LogP contribution in [-0.4, -0.2) is 25.7 Å². The third kappa shape index (κ3) is 3.72. The summed E-state index contributed by atoms with van der Waals surface area (Å²) in [6.07, 6.45) is -1.04. The molecule has 1 amide bonds. The van der Waals surface area contributed by atoms with Crippen molar-refractivity contribution in [2.24, 2.45) is 0 Å². The van der Waals surface area contributed by atoms with E-state index in [-0.39, 0.29) is 18.4 Å². The zero-order chi connectivity index (χ0) is 13.7. The Morgan fingerprint density at radius 3 is 2.56 bits per heavy atom. The van der Waals surface area contributed by atoms with Crippen molar-refractivity contribution >= 4 is 5.91 Å². The van der Waals surface area contributed by atoms with Gasteiger partial charge in [-0.15, -0.1) is 0 Å². The fourth-order valence-corrected chi connectivity index (χ4v) is 1.66. The van der Waals surface area contributed by atoms with E-state index >= 15 is 0 Å². The summed E-state index contributed by atoms with van der Waals surface area (Å²) >= 11 is 0. The lowest BCUT2D eigenvalue weighted by atomic mass is 9.99. The average Bonchev–Trinajstić information content (AvgIpc) is 2.34. The molecule has 1 unspecified atom stereocenters. The van der Waals surface area contributed by atoms with Gasteiger partial charge in [0.05, 0.1) is 7.11 Å². The molecule has 3 nitrogen and oxygen atoms in total. The summed E-state index contributed by atoms with van der Waals surface area (Å²) < 4.78 is 17.9. The normalized spacial score (nSPS) is 12.3. The highest BCUT2D eigenvalue weighted by Crippen LogP contribution is 2.27. The first-order valence-electron chi connectivity index (χ1n) is 6.06. The SMILES string of the molecule is COc1ccc(C(=O)NCC(C)F)cc1C(C)C. The van der Waals surface area contributed by atoms with Gasteiger partial charge in [-0.25, -0.2) is 4.39 Å². The lowest BCUT2D eigenvalue weighted by molar-refractivity contribution is 0.0943. The van der Waals surface area contributed by atoms with Crippen molar-refractivity contribution in [2.45, 2.75) is 32.9 Å². The lowest BCUT2D eigenvalue weighted by Crippen LogP contribution is -2.28. The third-order valence-corrected chi connectivity index (χ3v) is 2.66. The molecule has 0 aromatic heterocycles. The molecule has 0 aliphatic rings. The fraction of sp³-hybridized carbons (Fsp3) is 0.500. The molecule has 0 aliphatic heterocycles. The number of hydrogen-bond donors (Lipinski definition) is 1. The second kappa shape index (κ2) is 6.38. The standard InChI is InChI=1S/C14H20FNO2/c1-9(2)12-7-11(5-6-13(12)18-4)14(17)16-8-10(3)15/h5-7,9-10H,8H2,1-4H3,(H,16,17). The smallest absolute Gasteiger partial charge is 0.251 e. The molecule has 0 fully saturated rings. The van der Waals surface area contributed by atoms with E-state index in [4.69, 9.17) is 4.74 Å². The minimum Gasteiger partial charge on any atom is -0.496 e. The van der Waals surface area contributed by atoms with Gasteiger partial charge >= 0.3 is 0 Å². The van der Waals surface area contributed by atoms with Gasteiger partial charge in [0.25, 0.3) is 5.91 Å². The Labute approximate surface area is 107 Å². The van der Waals surface area contributed by atoms with Crippen molar-refractivity contribution < 1.29 is 13.9 Å². The number of carbonyl (C=O) groups is 1. The van der Waals surface area contributed by atoms with E-state index < -0.39 is 6.17 Å². The van der Waals surface area contributed by atoms with Crippen LogP contribution in [0.5, 0.6) is 5.75 Å². The first-order chi connectivity index (χ1) is 8.45. The highest BCUT2D eigenvalue weighted by atomic mass is 19.1. The van der Waals surface area contributed by atoms with Crippen LogP contribution in [0.4, 0.5) is 4.39 Å². The van der Waals surface area contributed by atoms with Crippen LogP contribution in [-0.2, 0) is 0 Å². The van der Waals surface area contributed by atoms with Crippen molar-refractivity contribution in [3.8, 4) is 5.75 Å². The van der Waals surface area contributed by atoms with Crippen molar-refractivity contribution in [1.82, 2.24) is 5.32 Å². The van der Waals surface area contributed by atoms with E-state index in [1.54, 1.807) is 25.3 Å². The number of carbonyl (C=O) groups excluding carboxylic acids is 1. The Balaban J connectivity index is 2.90. The molecule has 0 saturated carbocycles. The Morgan fingerprint density at radius 1 is 1.39 bits per heavy atom. The van der Waals surface area contributed by atoms with Crippen LogP contribution in [0.15, 0.2) is 18.2 Å². The molecular weight excluding hydrogens is 233 g/mol. The molecule has 0 spiro atoms. The van der Waals surface area contributed by atoms with E-state index in [9.17, 15) is 9.18 Å². The van der Waals surface area contributed by atoms with Gasteiger partial charge in [-0.05, 0) is 36.6 Å². The predicted molar refractivity (Wildman–Crippen MR) is 70.0 cm³/mol. The topological polar surface area (TPSA) is 38.3 Å². The van der Waals surface area contributed by atoms with Gasteiger partial charge in [0, 0.05) is 12.1 Å². The maximum absolute atomic E-state index is 12.7. The summed E-state index contributed by atoms with van der Waals surface area (Å²) in [5.74, 6) is 0.761. The molecule has 1 aromatic carbocycles.